The van der Waals surface area contributed by atoms with Crippen molar-refractivity contribution >= 4 is 42.0 Å². The summed E-state index contributed by atoms with van der Waals surface area (Å²) in [5, 5.41) is 9.82. The van der Waals surface area contributed by atoms with Crippen LogP contribution in [-0.2, 0) is 14.3 Å². The van der Waals surface area contributed by atoms with E-state index in [2.05, 4.69) is 46.1 Å². The first-order valence-electron chi connectivity index (χ1n) is 13.4. The number of aryl methyl sites for hydroxylation is 1. The number of nitrogens with one attached hydrogen (secondary N) is 2. The van der Waals surface area contributed by atoms with E-state index >= 15 is 0 Å². The molecule has 0 aliphatic carbocycles. The molecule has 0 saturated heterocycles. The van der Waals surface area contributed by atoms with E-state index in [0.29, 0.717) is 35.9 Å². The van der Waals surface area contributed by atoms with Crippen molar-refractivity contribution in [2.45, 2.75) is 60.5 Å². The van der Waals surface area contributed by atoms with E-state index in [0.717, 1.165) is 11.3 Å². The minimum Gasteiger partial charge on any atom is -0.443 e. The Bertz CT molecular complexity index is 1290. The molecule has 0 aliphatic heterocycles. The van der Waals surface area contributed by atoms with E-state index in [1.165, 1.54) is 16.2 Å². The van der Waals surface area contributed by atoms with Gasteiger partial charge in [-0.05, 0) is 52.8 Å². The molecule has 42 heavy (non-hydrogen) atoms. The van der Waals surface area contributed by atoms with Gasteiger partial charge in [-0.3, -0.25) is 24.4 Å². The van der Waals surface area contributed by atoms with E-state index in [1.807, 2.05) is 34.6 Å². The Morgan fingerprint density at radius 3 is 2.36 bits per heavy atom. The number of anilines is 2. The Morgan fingerprint density at radius 2 is 1.86 bits per heavy atom. The predicted octanol–water partition coefficient (Wildman–Crippen LogP) is 5.25. The molecule has 3 amide bonds. The van der Waals surface area contributed by atoms with E-state index in [-0.39, 0.29) is 0 Å². The highest BCUT2D eigenvalue weighted by molar-refractivity contribution is 6.00. The van der Waals surface area contributed by atoms with Gasteiger partial charge >= 0.3 is 6.09 Å². The third kappa shape index (κ3) is 13.1. The monoisotopic (exact) mass is 582 g/mol. The maximum absolute atomic E-state index is 12.7. The number of carbonyl (C=O) groups excluding carboxylic acids is 3. The summed E-state index contributed by atoms with van der Waals surface area (Å²) in [6.45, 7) is 17.0. The number of amides is 3. The van der Waals surface area contributed by atoms with Crippen molar-refractivity contribution in [3.05, 3.63) is 66.7 Å². The van der Waals surface area contributed by atoms with Crippen LogP contribution in [0.25, 0.3) is 5.65 Å². The first-order valence-corrected chi connectivity index (χ1v) is 13.4. The molecule has 2 aromatic heterocycles. The summed E-state index contributed by atoms with van der Waals surface area (Å²) in [6.07, 6.45) is 13.8. The zero-order chi connectivity index (χ0) is 32.3. The molecule has 2 N–H and O–H groups in total. The predicted molar refractivity (Wildman–Crippen MR) is 171 cm³/mol. The molecule has 0 bridgehead atoms. The lowest BCUT2D eigenvalue weighted by Gasteiger charge is -2.25. The molecule has 230 valence electrons. The molecule has 12 heteroatoms. The summed E-state index contributed by atoms with van der Waals surface area (Å²) in [5.74, 6) is 1.48. The van der Waals surface area contributed by atoms with Gasteiger partial charge in [-0.15, -0.1) is 0 Å². The van der Waals surface area contributed by atoms with Gasteiger partial charge in [-0.1, -0.05) is 39.0 Å². The maximum atomic E-state index is 12.7. The number of fused-ring (bicyclic) bond motifs is 1. The smallest absolute Gasteiger partial charge is 0.415 e. The van der Waals surface area contributed by atoms with Crippen LogP contribution in [0.15, 0.2) is 66.1 Å². The lowest BCUT2D eigenvalue weighted by atomic mass is 10.2. The molecule has 0 radical (unpaired) electrons. The highest BCUT2D eigenvalue weighted by atomic mass is 16.6. The first kappa shape index (κ1) is 37.3. The molecule has 0 unspecified atom stereocenters. The Kier molecular flexibility index (Phi) is 17.2. The second-order valence-corrected chi connectivity index (χ2v) is 9.72. The second-order valence-electron chi connectivity index (χ2n) is 9.72. The molecular weight excluding hydrogens is 536 g/mol. The minimum atomic E-state index is -0.635. The Hall–Kier alpha value is -4.74. The summed E-state index contributed by atoms with van der Waals surface area (Å²) < 4.78 is 7.09. The van der Waals surface area contributed by atoms with Crippen LogP contribution >= 0.6 is 0 Å². The van der Waals surface area contributed by atoms with E-state index in [1.54, 1.807) is 74.5 Å². The SMILES string of the molecule is C=C/C=C\C(=NC)N(C=O)/C=C\C=C(/C)Nc1cc(N(C)C(=O)OC(C)(C)C)n2ncc(C)c2n1.CCC.CNC=O. The van der Waals surface area contributed by atoms with Gasteiger partial charge in [0.15, 0.2) is 5.65 Å². The Labute approximate surface area is 249 Å². The molecule has 0 fully saturated rings. The largest absolute Gasteiger partial charge is 0.443 e. The normalized spacial score (nSPS) is 11.7. The van der Waals surface area contributed by atoms with Gasteiger partial charge in [0, 0.05) is 44.7 Å². The fraction of sp³-hybridized carbons (Fsp3) is 0.400. The number of ether oxygens (including phenoxy) is 1. The molecule has 0 atom stereocenters. The highest BCUT2D eigenvalue weighted by Gasteiger charge is 2.23. The molecule has 2 aromatic rings. The third-order valence-corrected chi connectivity index (χ3v) is 4.66. The van der Waals surface area contributed by atoms with E-state index < -0.39 is 11.7 Å². The molecule has 2 heterocycles. The molecular formula is C30H46N8O4. The summed E-state index contributed by atoms with van der Waals surface area (Å²) in [5.41, 5.74) is 1.58. The molecule has 12 nitrogen and oxygen atoms in total. The van der Waals surface area contributed by atoms with Crippen molar-refractivity contribution in [1.29, 1.82) is 0 Å². The van der Waals surface area contributed by atoms with Gasteiger partial charge in [0.1, 0.15) is 23.1 Å². The van der Waals surface area contributed by atoms with Gasteiger partial charge in [-0.25, -0.2) is 9.78 Å². The van der Waals surface area contributed by atoms with Crippen LogP contribution in [0.1, 0.15) is 53.5 Å². The van der Waals surface area contributed by atoms with E-state index in [4.69, 9.17) is 9.53 Å². The number of amidine groups is 1. The molecule has 0 aromatic carbocycles. The first-order chi connectivity index (χ1) is 19.8. The standard InChI is InChI=1S/C25H33N7O3.C3H8.C2H5NO/c1-9-10-13-21(26-7)31(17-33)14-11-12-19(3)28-20-15-22(30(8)24(34)35-25(4,5)6)32-23(29-20)18(2)16-27-32;1-3-2;1-3-2-4/h9-17H,1H2,2-8H3,(H,28,29);3H2,1-2H3;2H,1H3,(H,3,4)/b13-10-,14-11-,19-12+,26-21?;;. The number of rotatable bonds is 9. The Morgan fingerprint density at radius 1 is 1.24 bits per heavy atom. The van der Waals surface area contributed by atoms with Crippen molar-refractivity contribution in [2.24, 2.45) is 4.99 Å². The van der Waals surface area contributed by atoms with Crippen molar-refractivity contribution in [1.82, 2.24) is 24.8 Å². The van der Waals surface area contributed by atoms with Crippen LogP contribution in [0.4, 0.5) is 16.4 Å². The fourth-order valence-electron chi connectivity index (χ4n) is 2.90. The van der Waals surface area contributed by atoms with Crippen LogP contribution in [-0.4, -0.2) is 71.0 Å². The van der Waals surface area contributed by atoms with Crippen molar-refractivity contribution in [2.75, 3.05) is 31.4 Å². The number of nitrogens with zero attached hydrogens (tertiary/aromatic N) is 6. The maximum Gasteiger partial charge on any atom is 0.415 e. The van der Waals surface area contributed by atoms with Crippen molar-refractivity contribution < 1.29 is 19.1 Å². The number of allylic oxidation sites excluding steroid dienone is 5. The summed E-state index contributed by atoms with van der Waals surface area (Å²) >= 11 is 0. The summed E-state index contributed by atoms with van der Waals surface area (Å²) in [7, 11) is 4.78. The highest BCUT2D eigenvalue weighted by Crippen LogP contribution is 2.23. The van der Waals surface area contributed by atoms with Crippen LogP contribution < -0.4 is 15.5 Å². The summed E-state index contributed by atoms with van der Waals surface area (Å²) in [6, 6.07) is 1.71. The van der Waals surface area contributed by atoms with Crippen LogP contribution in [0.2, 0.25) is 0 Å². The average molecular weight is 583 g/mol. The van der Waals surface area contributed by atoms with Crippen LogP contribution in [0.3, 0.4) is 0 Å². The van der Waals surface area contributed by atoms with Gasteiger partial charge in [0.25, 0.3) is 0 Å². The number of carbonyl (C=O) groups is 3. The number of hydrogen-bond acceptors (Lipinski definition) is 8. The number of aliphatic imine (C=N–C) groups is 1. The average Bonchev–Trinajstić information content (AvgIpc) is 3.31. The fourth-order valence-corrected chi connectivity index (χ4v) is 2.90. The zero-order valence-corrected chi connectivity index (χ0v) is 26.5. The molecule has 0 saturated carbocycles. The quantitative estimate of drug-likeness (QED) is 0.179. The van der Waals surface area contributed by atoms with Crippen LogP contribution in [0.5, 0.6) is 0 Å². The summed E-state index contributed by atoms with van der Waals surface area (Å²) in [4.78, 5) is 44.6. The van der Waals surface area contributed by atoms with Crippen LogP contribution in [0, 0.1) is 6.92 Å². The lowest BCUT2D eigenvalue weighted by molar-refractivity contribution is -0.113. The molecule has 0 aliphatic rings. The zero-order valence-electron chi connectivity index (χ0n) is 26.5. The molecule has 0 spiro atoms. The lowest BCUT2D eigenvalue weighted by Crippen LogP contribution is -2.35. The molecule has 2 rings (SSSR count). The van der Waals surface area contributed by atoms with Crippen molar-refractivity contribution in [3.8, 4) is 0 Å². The van der Waals surface area contributed by atoms with Gasteiger partial charge in [0.05, 0.1) is 6.20 Å². The minimum absolute atomic E-state index is 0.466. The third-order valence-electron chi connectivity index (χ3n) is 4.66. The second kappa shape index (κ2) is 19.4. The van der Waals surface area contributed by atoms with E-state index in [9.17, 15) is 9.59 Å². The number of aromatic nitrogens is 3. The van der Waals surface area contributed by atoms with Crippen molar-refractivity contribution in [3.63, 3.8) is 0 Å². The number of hydrogen-bond donors (Lipinski definition) is 2. The topological polar surface area (TPSA) is 134 Å². The van der Waals surface area contributed by atoms with Gasteiger partial charge in [0.2, 0.25) is 12.8 Å². The van der Waals surface area contributed by atoms with Gasteiger partial charge < -0.3 is 15.4 Å². The Balaban J connectivity index is 0.00000216. The van der Waals surface area contributed by atoms with Gasteiger partial charge in [-0.2, -0.15) is 9.61 Å².